The molecule has 3 atom stereocenters. The van der Waals surface area contributed by atoms with Gasteiger partial charge in [-0.05, 0) is 48.4 Å². The van der Waals surface area contributed by atoms with Crippen LogP contribution in [0.4, 0.5) is 0 Å². The van der Waals surface area contributed by atoms with Crippen LogP contribution >= 0.6 is 28.3 Å². The summed E-state index contributed by atoms with van der Waals surface area (Å²) in [7, 11) is 1.71. The lowest BCUT2D eigenvalue weighted by atomic mass is 9.98. The van der Waals surface area contributed by atoms with Gasteiger partial charge < -0.3 is 10.5 Å². The topological polar surface area (TPSA) is 38.5 Å². The summed E-state index contributed by atoms with van der Waals surface area (Å²) in [6.07, 6.45) is 2.52. The first-order valence-electron chi connectivity index (χ1n) is 6.97. The molecule has 1 aromatic carbocycles. The van der Waals surface area contributed by atoms with E-state index >= 15 is 0 Å². The van der Waals surface area contributed by atoms with Crippen molar-refractivity contribution in [2.45, 2.75) is 25.4 Å². The van der Waals surface area contributed by atoms with Crippen molar-refractivity contribution < 1.29 is 4.74 Å². The number of hydrogen-bond donors (Lipinski definition) is 1. The van der Waals surface area contributed by atoms with E-state index in [-0.39, 0.29) is 12.4 Å². The van der Waals surface area contributed by atoms with Crippen LogP contribution in [-0.4, -0.2) is 31.1 Å². The summed E-state index contributed by atoms with van der Waals surface area (Å²) in [5.74, 6) is 2.46. The molecular formula is C15H22BrClN2O. The number of nitrogens with zero attached hydrogens (tertiary/aromatic N) is 1. The molecule has 1 saturated heterocycles. The monoisotopic (exact) mass is 360 g/mol. The van der Waals surface area contributed by atoms with Crippen molar-refractivity contribution in [1.82, 2.24) is 4.90 Å². The SMILES string of the molecule is COc1ccc(Br)c(CN2CC3CCC(N)C3C2)c1.Cl. The van der Waals surface area contributed by atoms with Crippen LogP contribution in [0.3, 0.4) is 0 Å². The molecule has 2 N–H and O–H groups in total. The number of ether oxygens (including phenoxy) is 1. The van der Waals surface area contributed by atoms with Gasteiger partial charge in [0.25, 0.3) is 0 Å². The fourth-order valence-electron chi connectivity index (χ4n) is 3.57. The Hall–Kier alpha value is -0.290. The molecule has 0 spiro atoms. The molecule has 3 nitrogen and oxygen atoms in total. The standard InChI is InChI=1S/C15H21BrN2O.ClH/c1-19-12-3-4-14(16)11(6-12)8-18-7-10-2-5-15(17)13(10)9-18;/h3-4,6,10,13,15H,2,5,7-9,17H2,1H3;1H. The van der Waals surface area contributed by atoms with Gasteiger partial charge in [-0.1, -0.05) is 15.9 Å². The van der Waals surface area contributed by atoms with Crippen molar-refractivity contribution >= 4 is 28.3 Å². The minimum absolute atomic E-state index is 0. The smallest absolute Gasteiger partial charge is 0.119 e. The van der Waals surface area contributed by atoms with E-state index in [9.17, 15) is 0 Å². The molecule has 20 heavy (non-hydrogen) atoms. The van der Waals surface area contributed by atoms with Gasteiger partial charge in [0.15, 0.2) is 0 Å². The van der Waals surface area contributed by atoms with Crippen LogP contribution in [0.2, 0.25) is 0 Å². The van der Waals surface area contributed by atoms with Gasteiger partial charge in [-0.2, -0.15) is 0 Å². The highest BCUT2D eigenvalue weighted by atomic mass is 79.9. The Bertz CT molecular complexity index is 471. The van der Waals surface area contributed by atoms with Crippen LogP contribution in [0.25, 0.3) is 0 Å². The lowest BCUT2D eigenvalue weighted by molar-refractivity contribution is 0.297. The highest BCUT2D eigenvalue weighted by Crippen LogP contribution is 2.38. The minimum atomic E-state index is 0. The van der Waals surface area contributed by atoms with Gasteiger partial charge in [-0.25, -0.2) is 0 Å². The summed E-state index contributed by atoms with van der Waals surface area (Å²) in [4.78, 5) is 2.54. The van der Waals surface area contributed by atoms with Gasteiger partial charge in [-0.15, -0.1) is 12.4 Å². The maximum Gasteiger partial charge on any atom is 0.119 e. The first-order chi connectivity index (χ1) is 9.17. The lowest BCUT2D eigenvalue weighted by Crippen LogP contribution is -2.30. The van der Waals surface area contributed by atoms with E-state index in [0.717, 1.165) is 29.2 Å². The predicted molar refractivity (Wildman–Crippen MR) is 87.4 cm³/mol. The Labute approximate surface area is 135 Å². The largest absolute Gasteiger partial charge is 0.497 e. The summed E-state index contributed by atoms with van der Waals surface area (Å²) in [5.41, 5.74) is 7.49. The van der Waals surface area contributed by atoms with E-state index in [1.165, 1.54) is 24.9 Å². The van der Waals surface area contributed by atoms with Crippen LogP contribution in [0.1, 0.15) is 18.4 Å². The van der Waals surface area contributed by atoms with Crippen molar-refractivity contribution in [3.05, 3.63) is 28.2 Å². The van der Waals surface area contributed by atoms with Crippen LogP contribution in [0.15, 0.2) is 22.7 Å². The Kier molecular flexibility index (Phi) is 5.35. The Morgan fingerprint density at radius 2 is 2.15 bits per heavy atom. The number of nitrogens with two attached hydrogens (primary N) is 1. The second-order valence-electron chi connectivity index (χ2n) is 5.82. The fraction of sp³-hybridized carbons (Fsp3) is 0.600. The second-order valence-corrected chi connectivity index (χ2v) is 6.67. The Morgan fingerprint density at radius 3 is 2.85 bits per heavy atom. The number of rotatable bonds is 3. The molecule has 1 aliphatic heterocycles. The molecule has 1 aliphatic carbocycles. The molecule has 0 amide bonds. The number of fused-ring (bicyclic) bond motifs is 1. The zero-order valence-corrected chi connectivity index (χ0v) is 14.1. The van der Waals surface area contributed by atoms with Gasteiger partial charge in [-0.3, -0.25) is 4.90 Å². The van der Waals surface area contributed by atoms with Gasteiger partial charge in [0.2, 0.25) is 0 Å². The molecule has 112 valence electrons. The molecule has 0 bridgehead atoms. The normalized spacial score (nSPS) is 29.1. The van der Waals surface area contributed by atoms with Gasteiger partial charge in [0, 0.05) is 30.1 Å². The van der Waals surface area contributed by atoms with E-state index in [1.807, 2.05) is 6.07 Å². The van der Waals surface area contributed by atoms with E-state index in [0.29, 0.717) is 12.0 Å². The van der Waals surface area contributed by atoms with E-state index in [4.69, 9.17) is 10.5 Å². The Morgan fingerprint density at radius 1 is 1.35 bits per heavy atom. The third kappa shape index (κ3) is 3.14. The highest BCUT2D eigenvalue weighted by Gasteiger charge is 2.40. The second kappa shape index (κ2) is 6.65. The molecule has 1 aromatic rings. The molecule has 0 radical (unpaired) electrons. The van der Waals surface area contributed by atoms with Crippen molar-refractivity contribution in [1.29, 1.82) is 0 Å². The first kappa shape index (κ1) is 16.1. The molecule has 3 unspecified atom stereocenters. The molecular weight excluding hydrogens is 340 g/mol. The zero-order chi connectivity index (χ0) is 13.4. The third-order valence-electron chi connectivity index (χ3n) is 4.63. The van der Waals surface area contributed by atoms with Crippen LogP contribution in [0.5, 0.6) is 5.75 Å². The third-order valence-corrected chi connectivity index (χ3v) is 5.41. The number of methoxy groups -OCH3 is 1. The number of likely N-dealkylation sites (tertiary alicyclic amines) is 1. The van der Waals surface area contributed by atoms with E-state index < -0.39 is 0 Å². The van der Waals surface area contributed by atoms with Crippen LogP contribution in [-0.2, 0) is 6.54 Å². The zero-order valence-electron chi connectivity index (χ0n) is 11.7. The van der Waals surface area contributed by atoms with Crippen molar-refractivity contribution in [3.8, 4) is 5.75 Å². The average Bonchev–Trinajstić information content (AvgIpc) is 2.95. The lowest BCUT2D eigenvalue weighted by Gasteiger charge is -2.19. The van der Waals surface area contributed by atoms with Crippen LogP contribution < -0.4 is 10.5 Å². The molecule has 2 fully saturated rings. The van der Waals surface area contributed by atoms with Crippen molar-refractivity contribution in [3.63, 3.8) is 0 Å². The number of hydrogen-bond acceptors (Lipinski definition) is 3. The quantitative estimate of drug-likeness (QED) is 0.899. The fourth-order valence-corrected chi connectivity index (χ4v) is 3.94. The summed E-state index contributed by atoms with van der Waals surface area (Å²) in [6.45, 7) is 3.33. The van der Waals surface area contributed by atoms with E-state index in [1.54, 1.807) is 7.11 Å². The maximum absolute atomic E-state index is 6.20. The number of benzene rings is 1. The molecule has 5 heteroatoms. The predicted octanol–water partition coefficient (Wildman–Crippen LogP) is 3.05. The first-order valence-corrected chi connectivity index (χ1v) is 7.77. The summed E-state index contributed by atoms with van der Waals surface area (Å²) in [5, 5.41) is 0. The summed E-state index contributed by atoms with van der Waals surface area (Å²) >= 11 is 3.63. The molecule has 1 heterocycles. The molecule has 3 rings (SSSR count). The van der Waals surface area contributed by atoms with Gasteiger partial charge in [0.1, 0.15) is 5.75 Å². The maximum atomic E-state index is 6.20. The van der Waals surface area contributed by atoms with Crippen molar-refractivity contribution in [2.75, 3.05) is 20.2 Å². The summed E-state index contributed by atoms with van der Waals surface area (Å²) in [6, 6.07) is 6.60. The average molecular weight is 362 g/mol. The number of halogens is 2. The van der Waals surface area contributed by atoms with Gasteiger partial charge >= 0.3 is 0 Å². The van der Waals surface area contributed by atoms with E-state index in [2.05, 4.69) is 33.0 Å². The van der Waals surface area contributed by atoms with Gasteiger partial charge in [0.05, 0.1) is 7.11 Å². The molecule has 1 saturated carbocycles. The van der Waals surface area contributed by atoms with Crippen LogP contribution in [0, 0.1) is 11.8 Å². The Balaban J connectivity index is 0.00000147. The minimum Gasteiger partial charge on any atom is -0.497 e. The molecule has 2 aliphatic rings. The van der Waals surface area contributed by atoms with Crippen molar-refractivity contribution in [2.24, 2.45) is 17.6 Å². The summed E-state index contributed by atoms with van der Waals surface area (Å²) < 4.78 is 6.47. The molecule has 0 aromatic heterocycles. The highest BCUT2D eigenvalue weighted by molar-refractivity contribution is 9.10.